The fourth-order valence-corrected chi connectivity index (χ4v) is 3.53. The minimum atomic E-state index is -3.44. The predicted octanol–water partition coefficient (Wildman–Crippen LogP) is 1.68. The molecule has 0 aromatic rings. The monoisotopic (exact) mass is 534 g/mol. The summed E-state index contributed by atoms with van der Waals surface area (Å²) in [7, 11) is 0. The Morgan fingerprint density at radius 2 is 1.03 bits per heavy atom. The van der Waals surface area contributed by atoms with Crippen LogP contribution in [0, 0.1) is 11.8 Å². The Hall–Kier alpha value is -1.90. The van der Waals surface area contributed by atoms with E-state index >= 15 is 0 Å². The van der Waals surface area contributed by atoms with E-state index in [-0.39, 0.29) is 13.1 Å². The molecule has 2 amide bonds. The number of nitrogens with zero attached hydrogens (tertiary/aromatic N) is 2. The molecule has 2 fully saturated rings. The van der Waals surface area contributed by atoms with Crippen molar-refractivity contribution in [3.63, 3.8) is 0 Å². The molecular formula is C22H38F4N2O8. The molecule has 212 valence electrons. The summed E-state index contributed by atoms with van der Waals surface area (Å²) in [5.41, 5.74) is -1.56. The Kier molecular flexibility index (Phi) is 10.4. The van der Waals surface area contributed by atoms with Crippen LogP contribution in [0.3, 0.4) is 0 Å². The van der Waals surface area contributed by atoms with Gasteiger partial charge in [0.15, 0.2) is 0 Å². The molecule has 2 heterocycles. The van der Waals surface area contributed by atoms with Crippen molar-refractivity contribution in [3.8, 4) is 0 Å². The molecule has 2 aliphatic heterocycles. The number of aliphatic hydroxyl groups excluding tert-OH is 4. The van der Waals surface area contributed by atoms with Gasteiger partial charge in [0, 0.05) is 24.9 Å². The molecule has 0 bridgehead atoms. The van der Waals surface area contributed by atoms with Gasteiger partial charge in [-0.2, -0.15) is 0 Å². The van der Waals surface area contributed by atoms with Crippen LogP contribution in [0.15, 0.2) is 0 Å². The van der Waals surface area contributed by atoms with Gasteiger partial charge in [-0.3, -0.25) is 0 Å². The van der Waals surface area contributed by atoms with E-state index in [1.54, 1.807) is 41.5 Å². The van der Waals surface area contributed by atoms with Gasteiger partial charge in [-0.25, -0.2) is 27.2 Å². The first-order valence-corrected chi connectivity index (χ1v) is 11.4. The number of aliphatic hydroxyl groups is 4. The SMILES string of the molecule is CC(C)(C)OC(=O)N1C[C@@H](CO)[C@@H](O)C(F)(F)C1.CC(C)(C)OC(=O)N1C[C@H](CO)[C@H](O)C(F)(F)C1. The summed E-state index contributed by atoms with van der Waals surface area (Å²) in [6, 6.07) is 0. The molecule has 0 aromatic carbocycles. The number of carbonyl (C=O) groups is 2. The summed E-state index contributed by atoms with van der Waals surface area (Å²) < 4.78 is 63.8. The minimum absolute atomic E-state index is 0.151. The number of carbonyl (C=O) groups excluding carboxylic acids is 2. The lowest BCUT2D eigenvalue weighted by Crippen LogP contribution is -2.59. The molecule has 0 radical (unpaired) electrons. The summed E-state index contributed by atoms with van der Waals surface area (Å²) in [5.74, 6) is -9.02. The average molecular weight is 535 g/mol. The molecule has 0 aliphatic carbocycles. The number of alkyl halides is 4. The van der Waals surface area contributed by atoms with E-state index in [2.05, 4.69) is 0 Å². The molecule has 4 atom stereocenters. The Bertz CT molecular complexity index is 695. The normalized spacial score (nSPS) is 28.1. The lowest BCUT2D eigenvalue weighted by Gasteiger charge is -2.40. The van der Waals surface area contributed by atoms with E-state index in [1.807, 2.05) is 0 Å². The van der Waals surface area contributed by atoms with Crippen LogP contribution in [0.25, 0.3) is 0 Å². The Labute approximate surface area is 207 Å². The Morgan fingerprint density at radius 3 is 1.25 bits per heavy atom. The summed E-state index contributed by atoms with van der Waals surface area (Å²) in [4.78, 5) is 25.0. The minimum Gasteiger partial charge on any atom is -0.444 e. The van der Waals surface area contributed by atoms with Gasteiger partial charge in [0.2, 0.25) is 0 Å². The molecule has 0 unspecified atom stereocenters. The van der Waals surface area contributed by atoms with Gasteiger partial charge in [-0.1, -0.05) is 0 Å². The van der Waals surface area contributed by atoms with Crippen LogP contribution in [-0.4, -0.2) is 117 Å². The summed E-state index contributed by atoms with van der Waals surface area (Å²) >= 11 is 0. The zero-order valence-electron chi connectivity index (χ0n) is 21.4. The van der Waals surface area contributed by atoms with Crippen LogP contribution in [0.1, 0.15) is 41.5 Å². The molecule has 0 aromatic heterocycles. The van der Waals surface area contributed by atoms with Crippen molar-refractivity contribution in [2.75, 3.05) is 39.4 Å². The molecule has 36 heavy (non-hydrogen) atoms. The number of piperidine rings is 2. The summed E-state index contributed by atoms with van der Waals surface area (Å²) in [6.45, 7) is 6.44. The van der Waals surface area contributed by atoms with Crippen molar-refractivity contribution in [3.05, 3.63) is 0 Å². The maximum Gasteiger partial charge on any atom is 0.410 e. The van der Waals surface area contributed by atoms with Gasteiger partial charge < -0.3 is 39.7 Å². The third-order valence-electron chi connectivity index (χ3n) is 5.24. The highest BCUT2D eigenvalue weighted by Gasteiger charge is 2.51. The van der Waals surface area contributed by atoms with Gasteiger partial charge in [0.05, 0.1) is 26.3 Å². The largest absolute Gasteiger partial charge is 0.444 e. The first kappa shape index (κ1) is 32.1. The van der Waals surface area contributed by atoms with E-state index < -0.39 is 85.6 Å². The summed E-state index contributed by atoms with van der Waals surface area (Å²) in [5, 5.41) is 36.6. The van der Waals surface area contributed by atoms with Crippen LogP contribution in [0.5, 0.6) is 0 Å². The van der Waals surface area contributed by atoms with Crippen LogP contribution >= 0.6 is 0 Å². The number of hydrogen-bond donors (Lipinski definition) is 4. The summed E-state index contributed by atoms with van der Waals surface area (Å²) in [6.07, 6.45) is -5.62. The van der Waals surface area contributed by atoms with Crippen molar-refractivity contribution >= 4 is 12.2 Å². The average Bonchev–Trinajstić information content (AvgIpc) is 2.69. The third kappa shape index (κ3) is 9.20. The topological polar surface area (TPSA) is 140 Å². The first-order valence-electron chi connectivity index (χ1n) is 11.4. The third-order valence-corrected chi connectivity index (χ3v) is 5.24. The zero-order chi connectivity index (χ0) is 28.3. The smallest absolute Gasteiger partial charge is 0.410 e. The second-order valence-electron chi connectivity index (χ2n) is 11.0. The van der Waals surface area contributed by atoms with E-state index in [9.17, 15) is 37.4 Å². The van der Waals surface area contributed by atoms with Crippen LogP contribution in [0.4, 0.5) is 27.2 Å². The van der Waals surface area contributed by atoms with Gasteiger partial charge >= 0.3 is 12.2 Å². The van der Waals surface area contributed by atoms with Crippen LogP contribution in [0.2, 0.25) is 0 Å². The van der Waals surface area contributed by atoms with Gasteiger partial charge in [0.1, 0.15) is 23.4 Å². The molecule has 0 spiro atoms. The maximum atomic E-state index is 13.5. The van der Waals surface area contributed by atoms with Crippen molar-refractivity contribution < 1.29 is 57.1 Å². The number of likely N-dealkylation sites (tertiary alicyclic amines) is 2. The fourth-order valence-electron chi connectivity index (χ4n) is 3.53. The van der Waals surface area contributed by atoms with Gasteiger partial charge in [-0.05, 0) is 41.5 Å². The molecule has 0 saturated carbocycles. The standard InChI is InChI=1S/2C11H19F2NO4/c2*1-10(2,3)18-9(17)14-4-7(5-15)8(16)11(12,13)6-14/h2*7-8,15-16H,4-6H2,1-3H3/t2*7-,8+/m10/s1. The van der Waals surface area contributed by atoms with Crippen LogP contribution < -0.4 is 0 Å². The molecule has 2 rings (SSSR count). The molecule has 10 nitrogen and oxygen atoms in total. The second kappa shape index (κ2) is 11.7. The van der Waals surface area contributed by atoms with Crippen molar-refractivity contribution in [1.82, 2.24) is 9.80 Å². The number of rotatable bonds is 2. The molecular weight excluding hydrogens is 496 g/mol. The maximum absolute atomic E-state index is 13.5. The highest BCUT2D eigenvalue weighted by atomic mass is 19.3. The quantitative estimate of drug-likeness (QED) is 0.393. The molecule has 2 saturated heterocycles. The van der Waals surface area contributed by atoms with E-state index in [0.717, 1.165) is 9.80 Å². The second-order valence-corrected chi connectivity index (χ2v) is 11.0. The zero-order valence-corrected chi connectivity index (χ0v) is 21.4. The number of ether oxygens (including phenoxy) is 2. The van der Waals surface area contributed by atoms with Gasteiger partial charge in [0.25, 0.3) is 11.8 Å². The molecule has 4 N–H and O–H groups in total. The van der Waals surface area contributed by atoms with Gasteiger partial charge in [-0.15, -0.1) is 0 Å². The fraction of sp³-hybridized carbons (Fsp3) is 0.909. The Balaban J connectivity index is 0.000000360. The van der Waals surface area contributed by atoms with E-state index in [1.165, 1.54) is 0 Å². The first-order chi connectivity index (χ1) is 16.1. The number of amides is 2. The van der Waals surface area contributed by atoms with Crippen molar-refractivity contribution in [2.45, 2.75) is 76.8 Å². The predicted molar refractivity (Wildman–Crippen MR) is 119 cm³/mol. The number of halogens is 4. The van der Waals surface area contributed by atoms with E-state index in [4.69, 9.17) is 19.7 Å². The van der Waals surface area contributed by atoms with Crippen molar-refractivity contribution in [2.24, 2.45) is 11.8 Å². The lowest BCUT2D eigenvalue weighted by atomic mass is 9.93. The molecule has 2 aliphatic rings. The Morgan fingerprint density at radius 1 is 0.750 bits per heavy atom. The highest BCUT2D eigenvalue weighted by molar-refractivity contribution is 5.69. The van der Waals surface area contributed by atoms with Crippen molar-refractivity contribution in [1.29, 1.82) is 0 Å². The lowest BCUT2D eigenvalue weighted by molar-refractivity contribution is -0.177. The highest BCUT2D eigenvalue weighted by Crippen LogP contribution is 2.32. The van der Waals surface area contributed by atoms with Crippen LogP contribution in [-0.2, 0) is 9.47 Å². The van der Waals surface area contributed by atoms with E-state index in [0.29, 0.717) is 0 Å². The number of hydrogen-bond acceptors (Lipinski definition) is 8. The molecule has 14 heteroatoms.